The lowest BCUT2D eigenvalue weighted by atomic mass is 9.92. The van der Waals surface area contributed by atoms with Gasteiger partial charge in [0, 0.05) is 6.54 Å². The van der Waals surface area contributed by atoms with Gasteiger partial charge in [-0.25, -0.2) is 4.72 Å². The molecule has 208 valence electrons. The van der Waals surface area contributed by atoms with Crippen molar-refractivity contribution in [1.82, 2.24) is 14.3 Å². The Balaban J connectivity index is 2.18. The molecule has 1 aliphatic rings. The first-order chi connectivity index (χ1) is 16.7. The highest BCUT2D eigenvalue weighted by Crippen LogP contribution is 2.22. The zero-order valence-electron chi connectivity index (χ0n) is 21.6. The molecule has 0 aromatic heterocycles. The summed E-state index contributed by atoms with van der Waals surface area (Å²) in [5.74, 6) is 0. The number of nitrogens with zero attached hydrogens (tertiary/aromatic N) is 1. The zero-order valence-corrected chi connectivity index (χ0v) is 22.4. The molecule has 1 saturated heterocycles. The average molecular weight is 524 g/mol. The third kappa shape index (κ3) is 12.8. The Bertz CT molecular complexity index is 653. The van der Waals surface area contributed by atoms with Crippen molar-refractivity contribution < 1.29 is 33.3 Å². The third-order valence-corrected chi connectivity index (χ3v) is 7.95. The van der Waals surface area contributed by atoms with E-state index >= 15 is 0 Å². The highest BCUT2D eigenvalue weighted by atomic mass is 32.2. The molecular formula is C24H49N3O7S. The fourth-order valence-electron chi connectivity index (χ4n) is 4.54. The maximum atomic E-state index is 12.4. The van der Waals surface area contributed by atoms with Gasteiger partial charge in [0.1, 0.15) is 31.1 Å². The Morgan fingerprint density at radius 3 is 1.77 bits per heavy atom. The molecule has 0 bridgehead atoms. The van der Waals surface area contributed by atoms with Crippen LogP contribution in [0.1, 0.15) is 96.8 Å². The molecule has 0 amide bonds. The van der Waals surface area contributed by atoms with Gasteiger partial charge in [-0.05, 0) is 13.5 Å². The van der Waals surface area contributed by atoms with Crippen molar-refractivity contribution in [3.63, 3.8) is 0 Å². The molecule has 0 aromatic rings. The van der Waals surface area contributed by atoms with Gasteiger partial charge in [0.25, 0.3) is 16.7 Å². The topological polar surface area (TPSA) is 148 Å². The molecule has 1 fully saturated rings. The summed E-state index contributed by atoms with van der Waals surface area (Å²) in [6.45, 7) is 2.46. The van der Waals surface area contributed by atoms with Crippen molar-refractivity contribution in [2.24, 2.45) is 0 Å². The largest absolute Gasteiger partial charge is 0.466 e. The summed E-state index contributed by atoms with van der Waals surface area (Å²) in [4.78, 5) is 11.8. The maximum absolute atomic E-state index is 12.4. The minimum absolute atomic E-state index is 0.204. The molecule has 0 radical (unpaired) electrons. The molecule has 1 heterocycles. The van der Waals surface area contributed by atoms with Crippen LogP contribution < -0.4 is 9.44 Å². The minimum atomic E-state index is -3.95. The smallest absolute Gasteiger partial charge is 0.293 e. The van der Waals surface area contributed by atoms with Gasteiger partial charge in [-0.2, -0.15) is 13.1 Å². The predicted molar refractivity (Wildman–Crippen MR) is 136 cm³/mol. The molecule has 10 nitrogen and oxygen atoms in total. The lowest BCUT2D eigenvalue weighted by Gasteiger charge is -2.46. The van der Waals surface area contributed by atoms with E-state index in [4.69, 9.17) is 0 Å². The lowest BCUT2D eigenvalue weighted by Crippen LogP contribution is -2.71. The standard InChI is InChI=1S/C24H49N3O7S/c1-3-4-5-6-7-8-9-10-11-12-13-14-15-16-17-25-35(32,33)26-24-23(31)22(30)21(29)20(27(24)2)18-34-19-28/h19-26,29-31H,3-18H2,1-2H3/t20?,21-,22?,23?,24+/m1/s1. The van der Waals surface area contributed by atoms with Crippen molar-refractivity contribution in [1.29, 1.82) is 0 Å². The Kier molecular flexibility index (Phi) is 17.0. The highest BCUT2D eigenvalue weighted by molar-refractivity contribution is 7.87. The molecule has 1 aliphatic heterocycles. The monoisotopic (exact) mass is 523 g/mol. The quantitative estimate of drug-likeness (QED) is 0.113. The van der Waals surface area contributed by atoms with E-state index in [0.29, 0.717) is 6.42 Å². The van der Waals surface area contributed by atoms with Crippen LogP contribution in [-0.2, 0) is 19.7 Å². The molecule has 3 unspecified atom stereocenters. The number of aliphatic hydroxyl groups is 3. The summed E-state index contributed by atoms with van der Waals surface area (Å²) in [6.07, 6.45) is 11.3. The molecule has 0 spiro atoms. The molecule has 5 atom stereocenters. The molecule has 11 heteroatoms. The number of hydrogen-bond donors (Lipinski definition) is 5. The van der Waals surface area contributed by atoms with Gasteiger partial charge in [-0.1, -0.05) is 90.4 Å². The second-order valence-corrected chi connectivity index (χ2v) is 11.2. The van der Waals surface area contributed by atoms with Crippen molar-refractivity contribution >= 4 is 16.7 Å². The predicted octanol–water partition coefficient (Wildman–Crippen LogP) is 1.79. The van der Waals surface area contributed by atoms with Gasteiger partial charge in [0.05, 0.1) is 6.04 Å². The van der Waals surface area contributed by atoms with E-state index in [9.17, 15) is 28.5 Å². The van der Waals surface area contributed by atoms with E-state index in [0.717, 1.165) is 19.3 Å². The first-order valence-electron chi connectivity index (χ1n) is 13.3. The number of ether oxygens (including phenoxy) is 1. The van der Waals surface area contributed by atoms with Crippen LogP contribution in [0.5, 0.6) is 0 Å². The Labute approximate surface area is 212 Å². The number of likely N-dealkylation sites (tertiary alicyclic amines) is 1. The van der Waals surface area contributed by atoms with Crippen LogP contribution in [0.4, 0.5) is 0 Å². The van der Waals surface area contributed by atoms with Gasteiger partial charge in [-0.15, -0.1) is 0 Å². The number of aliphatic hydroxyl groups excluding tert-OH is 3. The van der Waals surface area contributed by atoms with E-state index in [1.54, 1.807) is 0 Å². The number of nitrogens with one attached hydrogen (secondary N) is 2. The highest BCUT2D eigenvalue weighted by Gasteiger charge is 2.47. The maximum Gasteiger partial charge on any atom is 0.293 e. The van der Waals surface area contributed by atoms with Crippen LogP contribution in [0, 0.1) is 0 Å². The van der Waals surface area contributed by atoms with Gasteiger partial charge in [0.2, 0.25) is 0 Å². The number of carbonyl (C=O) groups excluding carboxylic acids is 1. The fraction of sp³-hybridized carbons (Fsp3) is 0.958. The number of carbonyl (C=O) groups is 1. The first-order valence-corrected chi connectivity index (χ1v) is 14.8. The fourth-order valence-corrected chi connectivity index (χ4v) is 5.66. The number of rotatable bonds is 21. The number of unbranched alkanes of at least 4 members (excludes halogenated alkanes) is 13. The second kappa shape index (κ2) is 18.4. The van der Waals surface area contributed by atoms with E-state index in [1.165, 1.54) is 76.2 Å². The number of likely N-dealkylation sites (N-methyl/N-ethyl adjacent to an activating group) is 1. The lowest BCUT2D eigenvalue weighted by molar-refractivity contribution is -0.171. The van der Waals surface area contributed by atoms with Crippen LogP contribution in [0.25, 0.3) is 0 Å². The van der Waals surface area contributed by atoms with Gasteiger partial charge < -0.3 is 20.1 Å². The Morgan fingerprint density at radius 1 is 0.800 bits per heavy atom. The van der Waals surface area contributed by atoms with Gasteiger partial charge in [0.15, 0.2) is 0 Å². The molecule has 0 aliphatic carbocycles. The van der Waals surface area contributed by atoms with Gasteiger partial charge in [-0.3, -0.25) is 9.69 Å². The molecule has 5 N–H and O–H groups in total. The van der Waals surface area contributed by atoms with E-state index in [2.05, 4.69) is 21.1 Å². The zero-order chi connectivity index (χ0) is 26.1. The van der Waals surface area contributed by atoms with E-state index < -0.39 is 40.7 Å². The normalized spacial score (nSPS) is 25.6. The van der Waals surface area contributed by atoms with Gasteiger partial charge >= 0.3 is 0 Å². The van der Waals surface area contributed by atoms with Crippen molar-refractivity contribution in [2.75, 3.05) is 20.2 Å². The third-order valence-electron chi connectivity index (χ3n) is 6.81. The van der Waals surface area contributed by atoms with Crippen molar-refractivity contribution in [2.45, 2.75) is 127 Å². The van der Waals surface area contributed by atoms with Crippen LogP contribution in [0.15, 0.2) is 0 Å². The molecule has 0 aromatic carbocycles. The number of piperidine rings is 1. The molecule has 35 heavy (non-hydrogen) atoms. The van der Waals surface area contributed by atoms with Crippen LogP contribution in [0.2, 0.25) is 0 Å². The van der Waals surface area contributed by atoms with E-state index in [1.807, 2.05) is 0 Å². The van der Waals surface area contributed by atoms with Crippen LogP contribution in [-0.4, -0.2) is 85.8 Å². The second-order valence-electron chi connectivity index (χ2n) is 9.69. The van der Waals surface area contributed by atoms with Crippen LogP contribution in [0.3, 0.4) is 0 Å². The summed E-state index contributed by atoms with van der Waals surface area (Å²) in [5, 5.41) is 30.5. The van der Waals surface area contributed by atoms with Crippen LogP contribution >= 0.6 is 0 Å². The first kappa shape index (κ1) is 32.2. The summed E-state index contributed by atoms with van der Waals surface area (Å²) < 4.78 is 34.3. The van der Waals surface area contributed by atoms with E-state index in [-0.39, 0.29) is 19.6 Å². The minimum Gasteiger partial charge on any atom is -0.466 e. The Hall–Kier alpha value is -0.820. The molecular weight excluding hydrogens is 474 g/mol. The molecule has 1 rings (SSSR count). The number of hydrogen-bond acceptors (Lipinski definition) is 8. The summed E-state index contributed by atoms with van der Waals surface area (Å²) in [6, 6.07) is -0.878. The van der Waals surface area contributed by atoms with Crippen molar-refractivity contribution in [3.05, 3.63) is 0 Å². The summed E-state index contributed by atoms with van der Waals surface area (Å²) >= 11 is 0. The van der Waals surface area contributed by atoms with Crippen molar-refractivity contribution in [3.8, 4) is 0 Å². The summed E-state index contributed by atoms with van der Waals surface area (Å²) in [5.41, 5.74) is 0. The summed E-state index contributed by atoms with van der Waals surface area (Å²) in [7, 11) is -2.48. The SMILES string of the molecule is CCCCCCCCCCCCCCCCNS(=O)(=O)N[C@@H]1C(O)C(O)[C@H](O)C(COC=O)N1C. The molecule has 0 saturated carbocycles. The average Bonchev–Trinajstić information content (AvgIpc) is 2.83. The Morgan fingerprint density at radius 2 is 1.29 bits per heavy atom.